The Balaban J connectivity index is 2.85. The number of hydrogen-bond acceptors (Lipinski definition) is 2. The van der Waals surface area contributed by atoms with Crippen molar-refractivity contribution in [1.29, 1.82) is 0 Å². The average Bonchev–Trinajstić information content (AvgIpc) is 2.08. The lowest BCUT2D eigenvalue weighted by Gasteiger charge is -1.95. The molecule has 1 aromatic carbocycles. The van der Waals surface area contributed by atoms with Gasteiger partial charge < -0.3 is 10.8 Å². The van der Waals surface area contributed by atoms with Crippen LogP contribution in [0.4, 0.5) is 10.1 Å². The van der Waals surface area contributed by atoms with E-state index in [1.807, 2.05) is 0 Å². The number of carbonyl (C=O) groups is 1. The fourth-order valence-electron chi connectivity index (χ4n) is 0.848. The van der Waals surface area contributed by atoms with E-state index in [2.05, 4.69) is 11.8 Å². The van der Waals surface area contributed by atoms with E-state index >= 15 is 0 Å². The molecule has 0 heterocycles. The third-order valence-corrected chi connectivity index (χ3v) is 1.46. The number of nitrogens with two attached hydrogens (primary N) is 1. The molecule has 0 amide bonds. The van der Waals surface area contributed by atoms with Crippen molar-refractivity contribution in [2.24, 2.45) is 0 Å². The summed E-state index contributed by atoms with van der Waals surface area (Å²) in [6, 6.07) is 4.07. The molecular formula is C10H8FNO2. The van der Waals surface area contributed by atoms with Crippen molar-refractivity contribution in [3.63, 3.8) is 0 Å². The number of carboxylic acid groups (broad SMARTS) is 1. The van der Waals surface area contributed by atoms with Crippen molar-refractivity contribution >= 4 is 11.7 Å². The summed E-state index contributed by atoms with van der Waals surface area (Å²) in [5.41, 5.74) is 5.79. The summed E-state index contributed by atoms with van der Waals surface area (Å²) in [5.74, 6) is 3.17. The van der Waals surface area contributed by atoms with Gasteiger partial charge in [0.15, 0.2) is 0 Å². The minimum Gasteiger partial charge on any atom is -0.481 e. The van der Waals surface area contributed by atoms with E-state index in [4.69, 9.17) is 10.8 Å². The number of aliphatic carboxylic acids is 1. The Morgan fingerprint density at radius 1 is 1.57 bits per heavy atom. The monoisotopic (exact) mass is 193 g/mol. The first-order valence-electron chi connectivity index (χ1n) is 3.85. The van der Waals surface area contributed by atoms with Crippen LogP contribution in [0.3, 0.4) is 0 Å². The normalized spacial score (nSPS) is 8.93. The van der Waals surface area contributed by atoms with Crippen molar-refractivity contribution in [3.8, 4) is 11.8 Å². The summed E-state index contributed by atoms with van der Waals surface area (Å²) in [6.45, 7) is 0. The van der Waals surface area contributed by atoms with Crippen LogP contribution in [0.2, 0.25) is 0 Å². The number of rotatable bonds is 1. The summed E-state index contributed by atoms with van der Waals surface area (Å²) in [5, 5.41) is 8.29. The lowest BCUT2D eigenvalue weighted by Crippen LogP contribution is -1.91. The number of benzene rings is 1. The van der Waals surface area contributed by atoms with Gasteiger partial charge >= 0.3 is 5.97 Å². The minimum absolute atomic E-state index is 0.153. The van der Waals surface area contributed by atoms with E-state index in [1.54, 1.807) is 0 Å². The Labute approximate surface area is 80.4 Å². The molecule has 72 valence electrons. The first kappa shape index (κ1) is 10.1. The SMILES string of the molecule is Nc1ccc(C#CCC(=O)O)c(F)c1. The zero-order chi connectivity index (χ0) is 10.6. The first-order chi connectivity index (χ1) is 6.59. The molecular weight excluding hydrogens is 185 g/mol. The van der Waals surface area contributed by atoms with E-state index in [0.29, 0.717) is 5.69 Å². The second-order valence-electron chi connectivity index (χ2n) is 2.61. The topological polar surface area (TPSA) is 63.3 Å². The molecule has 1 rings (SSSR count). The van der Waals surface area contributed by atoms with E-state index < -0.39 is 11.8 Å². The average molecular weight is 193 g/mol. The summed E-state index contributed by atoms with van der Waals surface area (Å²) in [6.07, 6.45) is -0.302. The van der Waals surface area contributed by atoms with Crippen molar-refractivity contribution in [2.45, 2.75) is 6.42 Å². The summed E-state index contributed by atoms with van der Waals surface area (Å²) in [4.78, 5) is 10.1. The van der Waals surface area contributed by atoms with Crippen LogP contribution in [0.25, 0.3) is 0 Å². The molecule has 0 spiro atoms. The van der Waals surface area contributed by atoms with Crippen LogP contribution in [0, 0.1) is 17.7 Å². The molecule has 3 N–H and O–H groups in total. The zero-order valence-electron chi connectivity index (χ0n) is 7.25. The molecule has 3 nitrogen and oxygen atoms in total. The summed E-state index contributed by atoms with van der Waals surface area (Å²) < 4.78 is 13.0. The molecule has 1 aromatic rings. The van der Waals surface area contributed by atoms with Gasteiger partial charge in [0.25, 0.3) is 0 Å². The highest BCUT2D eigenvalue weighted by Crippen LogP contribution is 2.10. The standard InChI is InChI=1S/C10H8FNO2/c11-9-6-8(12)5-4-7(9)2-1-3-10(13)14/h4-6H,3,12H2,(H,13,14). The van der Waals surface area contributed by atoms with Crippen LogP contribution in [0.5, 0.6) is 0 Å². The van der Waals surface area contributed by atoms with Gasteiger partial charge in [-0.15, -0.1) is 0 Å². The highest BCUT2D eigenvalue weighted by Gasteiger charge is 1.98. The van der Waals surface area contributed by atoms with E-state index in [1.165, 1.54) is 12.1 Å². The molecule has 0 bridgehead atoms. The molecule has 0 fully saturated rings. The van der Waals surface area contributed by atoms with Gasteiger partial charge in [-0.3, -0.25) is 4.79 Å². The first-order valence-corrected chi connectivity index (χ1v) is 3.85. The molecule has 0 saturated carbocycles. The van der Waals surface area contributed by atoms with Crippen LogP contribution in [0.1, 0.15) is 12.0 Å². The fourth-order valence-corrected chi connectivity index (χ4v) is 0.848. The highest BCUT2D eigenvalue weighted by molar-refractivity contribution is 5.70. The number of anilines is 1. The third-order valence-electron chi connectivity index (χ3n) is 1.46. The molecule has 0 aliphatic heterocycles. The fraction of sp³-hybridized carbons (Fsp3) is 0.100. The van der Waals surface area contributed by atoms with Crippen molar-refractivity contribution in [2.75, 3.05) is 5.73 Å². The lowest BCUT2D eigenvalue weighted by molar-refractivity contribution is -0.135. The van der Waals surface area contributed by atoms with Crippen LogP contribution in [0.15, 0.2) is 18.2 Å². The number of carboxylic acids is 1. The maximum atomic E-state index is 13.0. The highest BCUT2D eigenvalue weighted by atomic mass is 19.1. The zero-order valence-corrected chi connectivity index (χ0v) is 7.25. The predicted octanol–water partition coefficient (Wildman–Crippen LogP) is 1.23. The van der Waals surface area contributed by atoms with Gasteiger partial charge in [0.2, 0.25) is 0 Å². The van der Waals surface area contributed by atoms with Gasteiger partial charge in [-0.2, -0.15) is 0 Å². The van der Waals surface area contributed by atoms with Gasteiger partial charge in [0.1, 0.15) is 12.2 Å². The second kappa shape index (κ2) is 4.28. The van der Waals surface area contributed by atoms with Crippen molar-refractivity contribution in [3.05, 3.63) is 29.6 Å². The van der Waals surface area contributed by atoms with Crippen LogP contribution in [-0.2, 0) is 4.79 Å². The van der Waals surface area contributed by atoms with Crippen LogP contribution >= 0.6 is 0 Å². The van der Waals surface area contributed by atoms with Crippen molar-refractivity contribution < 1.29 is 14.3 Å². The molecule has 0 saturated heterocycles. The van der Waals surface area contributed by atoms with Gasteiger partial charge in [-0.1, -0.05) is 11.8 Å². The third kappa shape index (κ3) is 2.79. The minimum atomic E-state index is -1.03. The Morgan fingerprint density at radius 2 is 2.29 bits per heavy atom. The van der Waals surface area contributed by atoms with Crippen LogP contribution < -0.4 is 5.73 Å². The van der Waals surface area contributed by atoms with Gasteiger partial charge in [-0.05, 0) is 18.2 Å². The Kier molecular flexibility index (Phi) is 3.08. The lowest BCUT2D eigenvalue weighted by atomic mass is 10.2. The van der Waals surface area contributed by atoms with E-state index in [-0.39, 0.29) is 12.0 Å². The van der Waals surface area contributed by atoms with Gasteiger partial charge in [0, 0.05) is 5.69 Å². The Morgan fingerprint density at radius 3 is 2.86 bits per heavy atom. The molecule has 0 aliphatic carbocycles. The number of hydrogen-bond donors (Lipinski definition) is 2. The van der Waals surface area contributed by atoms with Gasteiger partial charge in [0.05, 0.1) is 5.56 Å². The number of nitrogen functional groups attached to an aromatic ring is 1. The van der Waals surface area contributed by atoms with Crippen molar-refractivity contribution in [1.82, 2.24) is 0 Å². The largest absolute Gasteiger partial charge is 0.481 e. The summed E-state index contributed by atoms with van der Waals surface area (Å²) >= 11 is 0. The smallest absolute Gasteiger partial charge is 0.315 e. The Hall–Kier alpha value is -2.02. The van der Waals surface area contributed by atoms with Gasteiger partial charge in [-0.25, -0.2) is 4.39 Å². The molecule has 0 atom stereocenters. The van der Waals surface area contributed by atoms with E-state index in [9.17, 15) is 9.18 Å². The quantitative estimate of drug-likeness (QED) is 0.521. The molecule has 0 radical (unpaired) electrons. The molecule has 0 aliphatic rings. The predicted molar refractivity (Wildman–Crippen MR) is 49.9 cm³/mol. The molecule has 0 aromatic heterocycles. The maximum Gasteiger partial charge on any atom is 0.315 e. The number of halogens is 1. The second-order valence-corrected chi connectivity index (χ2v) is 2.61. The van der Waals surface area contributed by atoms with Crippen LogP contribution in [-0.4, -0.2) is 11.1 Å². The molecule has 0 unspecified atom stereocenters. The summed E-state index contributed by atoms with van der Waals surface area (Å²) in [7, 11) is 0. The maximum absolute atomic E-state index is 13.0. The Bertz CT molecular complexity index is 418. The molecule has 4 heteroatoms. The van der Waals surface area contributed by atoms with E-state index in [0.717, 1.165) is 6.07 Å². The molecule has 14 heavy (non-hydrogen) atoms.